The third-order valence-electron chi connectivity index (χ3n) is 4.69. The van der Waals surface area contributed by atoms with Crippen molar-refractivity contribution in [3.63, 3.8) is 0 Å². The molecule has 0 amide bonds. The molecule has 2 unspecified atom stereocenters. The van der Waals surface area contributed by atoms with Crippen LogP contribution in [0.15, 0.2) is 41.5 Å². The first-order chi connectivity index (χ1) is 12.8. The highest BCUT2D eigenvalue weighted by Crippen LogP contribution is 2.33. The van der Waals surface area contributed by atoms with E-state index in [9.17, 15) is 0 Å². The lowest BCUT2D eigenvalue weighted by Gasteiger charge is -2.32. The van der Waals surface area contributed by atoms with Gasteiger partial charge in [-0.1, -0.05) is 37.3 Å². The second-order valence-corrected chi connectivity index (χ2v) is 7.68. The number of ether oxygens (including phenoxy) is 1. The molecule has 0 saturated carbocycles. The number of nitrogens with one attached hydrogen (secondary N) is 2. The zero-order valence-corrected chi connectivity index (χ0v) is 19.1. The van der Waals surface area contributed by atoms with E-state index in [0.717, 1.165) is 43.4 Å². The molecule has 7 heteroatoms. The average Bonchev–Trinajstić information content (AvgIpc) is 3.17. The van der Waals surface area contributed by atoms with Crippen LogP contribution in [-0.4, -0.2) is 31.1 Å². The summed E-state index contributed by atoms with van der Waals surface area (Å²) in [6, 6.07) is 10.5. The highest BCUT2D eigenvalue weighted by Gasteiger charge is 2.27. The SMILES string of the molecule is CCc1cnc(CNC(=NC)NCC2CCCOC2c2ccccc2)s1.I. The minimum atomic E-state index is 0. The van der Waals surface area contributed by atoms with Gasteiger partial charge in [0.1, 0.15) is 5.01 Å². The maximum absolute atomic E-state index is 6.08. The Kier molecular flexibility index (Phi) is 9.50. The topological polar surface area (TPSA) is 58.5 Å². The quantitative estimate of drug-likeness (QED) is 0.356. The van der Waals surface area contributed by atoms with Gasteiger partial charge >= 0.3 is 0 Å². The zero-order chi connectivity index (χ0) is 18.2. The number of rotatable bonds is 6. The van der Waals surface area contributed by atoms with Gasteiger partial charge in [0.05, 0.1) is 12.6 Å². The largest absolute Gasteiger partial charge is 0.373 e. The predicted molar refractivity (Wildman–Crippen MR) is 123 cm³/mol. The number of hydrogen-bond acceptors (Lipinski definition) is 4. The van der Waals surface area contributed by atoms with Crippen LogP contribution in [0.3, 0.4) is 0 Å². The molecule has 1 aliphatic rings. The molecule has 148 valence electrons. The molecule has 1 saturated heterocycles. The molecule has 27 heavy (non-hydrogen) atoms. The number of aliphatic imine (C=N–C) groups is 1. The van der Waals surface area contributed by atoms with E-state index in [1.165, 1.54) is 10.4 Å². The predicted octanol–water partition coefficient (Wildman–Crippen LogP) is 4.16. The molecule has 1 fully saturated rings. The molecule has 2 aromatic rings. The van der Waals surface area contributed by atoms with Crippen LogP contribution in [0.5, 0.6) is 0 Å². The molecule has 1 aromatic carbocycles. The summed E-state index contributed by atoms with van der Waals surface area (Å²) >= 11 is 1.75. The Morgan fingerprint density at radius 3 is 2.81 bits per heavy atom. The molecule has 1 aromatic heterocycles. The Hall–Kier alpha value is -1.19. The van der Waals surface area contributed by atoms with Crippen LogP contribution in [0.4, 0.5) is 0 Å². The number of benzene rings is 1. The van der Waals surface area contributed by atoms with Gasteiger partial charge in [-0.3, -0.25) is 4.99 Å². The van der Waals surface area contributed by atoms with Gasteiger partial charge in [0, 0.05) is 37.2 Å². The molecule has 0 aliphatic carbocycles. The monoisotopic (exact) mass is 500 g/mol. The summed E-state index contributed by atoms with van der Waals surface area (Å²) in [5.41, 5.74) is 1.26. The van der Waals surface area contributed by atoms with Crippen molar-refractivity contribution in [2.75, 3.05) is 20.2 Å². The Bertz CT molecular complexity index is 707. The summed E-state index contributed by atoms with van der Waals surface area (Å²) in [5, 5.41) is 7.92. The van der Waals surface area contributed by atoms with E-state index >= 15 is 0 Å². The lowest BCUT2D eigenvalue weighted by molar-refractivity contribution is -0.0265. The maximum Gasteiger partial charge on any atom is 0.191 e. The van der Waals surface area contributed by atoms with Gasteiger partial charge in [-0.25, -0.2) is 4.98 Å². The third kappa shape index (κ3) is 6.43. The van der Waals surface area contributed by atoms with Crippen molar-refractivity contribution in [1.82, 2.24) is 15.6 Å². The fourth-order valence-electron chi connectivity index (χ4n) is 3.26. The van der Waals surface area contributed by atoms with Crippen LogP contribution < -0.4 is 10.6 Å². The number of hydrogen-bond donors (Lipinski definition) is 2. The van der Waals surface area contributed by atoms with Crippen molar-refractivity contribution in [3.05, 3.63) is 52.0 Å². The standard InChI is InChI=1S/C20H28N4OS.HI/c1-3-17-13-22-18(26-17)14-24-20(21-2)23-12-16-10-7-11-25-19(16)15-8-5-4-6-9-15;/h4-6,8-9,13,16,19H,3,7,10-12,14H2,1-2H3,(H2,21,23,24);1H. The number of halogens is 1. The van der Waals surface area contributed by atoms with Gasteiger partial charge in [0.15, 0.2) is 5.96 Å². The van der Waals surface area contributed by atoms with Crippen LogP contribution in [0.25, 0.3) is 0 Å². The maximum atomic E-state index is 6.08. The van der Waals surface area contributed by atoms with Crippen molar-refractivity contribution in [3.8, 4) is 0 Å². The smallest absolute Gasteiger partial charge is 0.191 e. The molecule has 3 rings (SSSR count). The molecule has 2 heterocycles. The molecule has 5 nitrogen and oxygen atoms in total. The first kappa shape index (κ1) is 22.1. The van der Waals surface area contributed by atoms with E-state index in [2.05, 4.69) is 51.8 Å². The van der Waals surface area contributed by atoms with Crippen molar-refractivity contribution in [2.45, 2.75) is 38.8 Å². The first-order valence-corrected chi connectivity index (χ1v) is 10.2. The summed E-state index contributed by atoms with van der Waals surface area (Å²) in [7, 11) is 1.81. The second kappa shape index (κ2) is 11.6. The van der Waals surface area contributed by atoms with Gasteiger partial charge in [-0.2, -0.15) is 0 Å². The second-order valence-electron chi connectivity index (χ2n) is 6.48. The van der Waals surface area contributed by atoms with E-state index < -0.39 is 0 Å². The van der Waals surface area contributed by atoms with Gasteiger partial charge in [-0.15, -0.1) is 35.3 Å². The average molecular weight is 500 g/mol. The lowest BCUT2D eigenvalue weighted by atomic mass is 9.89. The lowest BCUT2D eigenvalue weighted by Crippen LogP contribution is -2.41. The van der Waals surface area contributed by atoms with E-state index in [4.69, 9.17) is 4.74 Å². The van der Waals surface area contributed by atoms with Crippen LogP contribution in [0, 0.1) is 5.92 Å². The fraction of sp³-hybridized carbons (Fsp3) is 0.500. The normalized spacial score (nSPS) is 20.0. The summed E-state index contributed by atoms with van der Waals surface area (Å²) in [6.07, 6.45) is 5.42. The Morgan fingerprint density at radius 2 is 2.11 bits per heavy atom. The Labute approximate surface area is 183 Å². The molecular weight excluding hydrogens is 471 g/mol. The summed E-state index contributed by atoms with van der Waals surface area (Å²) in [6.45, 7) is 4.54. The van der Waals surface area contributed by atoms with E-state index in [1.54, 1.807) is 18.4 Å². The number of aryl methyl sites for hydroxylation is 1. The molecule has 1 aliphatic heterocycles. The Morgan fingerprint density at radius 1 is 1.30 bits per heavy atom. The fourth-order valence-corrected chi connectivity index (χ4v) is 4.07. The van der Waals surface area contributed by atoms with Crippen molar-refractivity contribution < 1.29 is 4.74 Å². The minimum absolute atomic E-state index is 0. The molecule has 0 spiro atoms. The molecule has 0 bridgehead atoms. The molecule has 2 N–H and O–H groups in total. The van der Waals surface area contributed by atoms with Crippen molar-refractivity contribution in [1.29, 1.82) is 0 Å². The zero-order valence-electron chi connectivity index (χ0n) is 16.0. The van der Waals surface area contributed by atoms with Crippen LogP contribution in [0.2, 0.25) is 0 Å². The van der Waals surface area contributed by atoms with Crippen LogP contribution >= 0.6 is 35.3 Å². The summed E-state index contributed by atoms with van der Waals surface area (Å²) < 4.78 is 6.08. The van der Waals surface area contributed by atoms with E-state index in [0.29, 0.717) is 12.5 Å². The first-order valence-electron chi connectivity index (χ1n) is 9.34. The number of aromatic nitrogens is 1. The highest BCUT2D eigenvalue weighted by molar-refractivity contribution is 14.0. The number of guanidine groups is 1. The van der Waals surface area contributed by atoms with E-state index in [-0.39, 0.29) is 30.1 Å². The third-order valence-corrected chi connectivity index (χ3v) is 5.83. The van der Waals surface area contributed by atoms with Gasteiger partial charge in [0.2, 0.25) is 0 Å². The van der Waals surface area contributed by atoms with Crippen LogP contribution in [-0.2, 0) is 17.7 Å². The van der Waals surface area contributed by atoms with Crippen molar-refractivity contribution in [2.24, 2.45) is 10.9 Å². The Balaban J connectivity index is 0.00000261. The van der Waals surface area contributed by atoms with Crippen LogP contribution in [0.1, 0.15) is 41.3 Å². The molecule has 0 radical (unpaired) electrons. The van der Waals surface area contributed by atoms with Gasteiger partial charge in [0.25, 0.3) is 0 Å². The summed E-state index contributed by atoms with van der Waals surface area (Å²) in [4.78, 5) is 10.1. The minimum Gasteiger partial charge on any atom is -0.373 e. The number of nitrogens with zero attached hydrogens (tertiary/aromatic N) is 2. The highest BCUT2D eigenvalue weighted by atomic mass is 127. The summed E-state index contributed by atoms with van der Waals surface area (Å²) in [5.74, 6) is 1.26. The molecule has 2 atom stereocenters. The number of thiazole rings is 1. The molecular formula is C20H29IN4OS. The van der Waals surface area contributed by atoms with Crippen molar-refractivity contribution >= 4 is 41.3 Å². The van der Waals surface area contributed by atoms with E-state index in [1.807, 2.05) is 12.3 Å². The van der Waals surface area contributed by atoms with Gasteiger partial charge < -0.3 is 15.4 Å². The van der Waals surface area contributed by atoms with Gasteiger partial charge in [-0.05, 0) is 24.8 Å².